The fourth-order valence-corrected chi connectivity index (χ4v) is 1.95. The van der Waals surface area contributed by atoms with Crippen LogP contribution in [0.3, 0.4) is 0 Å². The van der Waals surface area contributed by atoms with Crippen LogP contribution in [0.25, 0.3) is 0 Å². The minimum Gasteiger partial charge on any atom is -0.481 e. The van der Waals surface area contributed by atoms with E-state index in [0.29, 0.717) is 19.5 Å². The normalized spacial score (nSPS) is 18.8. The van der Waals surface area contributed by atoms with E-state index in [1.807, 2.05) is 0 Å². The van der Waals surface area contributed by atoms with E-state index < -0.39 is 17.7 Å². The van der Waals surface area contributed by atoms with Crippen molar-refractivity contribution in [2.75, 3.05) is 13.1 Å². The number of nitrogens with one attached hydrogen (secondary N) is 1. The topological polar surface area (TPSA) is 95.9 Å². The summed E-state index contributed by atoms with van der Waals surface area (Å²) in [4.78, 5) is 35.3. The van der Waals surface area contributed by atoms with Gasteiger partial charge in [-0.05, 0) is 27.2 Å². The standard InChI is InChI=1S/C13H22N2O5/c1-13(2,3)20-12(19)14-9-6-7-15(8-9)10(16)4-5-11(17)18/h9H,4-8H2,1-3H3,(H,14,19)(H,17,18). The molecule has 7 heteroatoms. The van der Waals surface area contributed by atoms with Gasteiger partial charge in [-0.25, -0.2) is 4.79 Å². The molecular weight excluding hydrogens is 264 g/mol. The molecule has 7 nitrogen and oxygen atoms in total. The van der Waals surface area contributed by atoms with Gasteiger partial charge >= 0.3 is 12.1 Å². The maximum atomic E-state index is 11.7. The lowest BCUT2D eigenvalue weighted by Gasteiger charge is -2.22. The Hall–Kier alpha value is -1.79. The largest absolute Gasteiger partial charge is 0.481 e. The van der Waals surface area contributed by atoms with Crippen molar-refractivity contribution in [2.45, 2.75) is 51.7 Å². The number of aliphatic carboxylic acids is 1. The fourth-order valence-electron chi connectivity index (χ4n) is 1.95. The molecule has 0 aromatic heterocycles. The molecule has 114 valence electrons. The Bertz CT molecular complexity index is 389. The van der Waals surface area contributed by atoms with E-state index in [0.717, 1.165) is 0 Å². The molecule has 1 aliphatic heterocycles. The lowest BCUT2D eigenvalue weighted by Crippen LogP contribution is -2.41. The number of alkyl carbamates (subject to hydrolysis) is 1. The van der Waals surface area contributed by atoms with Crippen molar-refractivity contribution < 1.29 is 24.2 Å². The first-order valence-corrected chi connectivity index (χ1v) is 6.66. The summed E-state index contributed by atoms with van der Waals surface area (Å²) in [6, 6.07) is -0.140. The van der Waals surface area contributed by atoms with Gasteiger partial charge in [0, 0.05) is 19.5 Å². The van der Waals surface area contributed by atoms with Gasteiger partial charge in [0.05, 0.1) is 12.5 Å². The van der Waals surface area contributed by atoms with Crippen molar-refractivity contribution in [2.24, 2.45) is 0 Å². The van der Waals surface area contributed by atoms with Gasteiger partial charge in [-0.3, -0.25) is 9.59 Å². The molecule has 0 aromatic carbocycles. The number of carboxylic acids is 1. The zero-order valence-electron chi connectivity index (χ0n) is 12.1. The highest BCUT2D eigenvalue weighted by molar-refractivity contribution is 5.81. The highest BCUT2D eigenvalue weighted by Crippen LogP contribution is 2.13. The Morgan fingerprint density at radius 3 is 2.50 bits per heavy atom. The molecule has 1 saturated heterocycles. The fraction of sp³-hybridized carbons (Fsp3) is 0.769. The Balaban J connectivity index is 2.34. The van der Waals surface area contributed by atoms with E-state index in [4.69, 9.17) is 9.84 Å². The first-order chi connectivity index (χ1) is 9.17. The van der Waals surface area contributed by atoms with Crippen LogP contribution in [0.15, 0.2) is 0 Å². The summed E-state index contributed by atoms with van der Waals surface area (Å²) in [5, 5.41) is 11.3. The molecule has 0 radical (unpaired) electrons. The van der Waals surface area contributed by atoms with Gasteiger partial charge in [0.2, 0.25) is 5.91 Å². The number of carbonyl (C=O) groups excluding carboxylic acids is 2. The quantitative estimate of drug-likeness (QED) is 0.803. The number of hydrogen-bond acceptors (Lipinski definition) is 4. The van der Waals surface area contributed by atoms with Gasteiger partial charge in [0.15, 0.2) is 0 Å². The molecule has 1 aliphatic rings. The molecule has 0 aliphatic carbocycles. The molecule has 2 amide bonds. The maximum Gasteiger partial charge on any atom is 0.407 e. The van der Waals surface area contributed by atoms with Crippen molar-refractivity contribution in [3.05, 3.63) is 0 Å². The van der Waals surface area contributed by atoms with Crippen LogP contribution in [0.2, 0.25) is 0 Å². The SMILES string of the molecule is CC(C)(C)OC(=O)NC1CCN(C(=O)CCC(=O)O)C1. The van der Waals surface area contributed by atoms with Crippen LogP contribution >= 0.6 is 0 Å². The average Bonchev–Trinajstić information content (AvgIpc) is 2.71. The monoisotopic (exact) mass is 286 g/mol. The summed E-state index contributed by atoms with van der Waals surface area (Å²) in [6.45, 7) is 6.27. The van der Waals surface area contributed by atoms with Crippen LogP contribution in [-0.4, -0.2) is 52.7 Å². The minimum absolute atomic E-state index is 0.00547. The maximum absolute atomic E-state index is 11.7. The predicted octanol–water partition coefficient (Wildman–Crippen LogP) is 0.977. The molecule has 1 unspecified atom stereocenters. The predicted molar refractivity (Wildman–Crippen MR) is 71.2 cm³/mol. The summed E-state index contributed by atoms with van der Waals surface area (Å²) in [5.41, 5.74) is -0.556. The summed E-state index contributed by atoms with van der Waals surface area (Å²) < 4.78 is 5.14. The van der Waals surface area contributed by atoms with E-state index in [1.165, 1.54) is 0 Å². The summed E-state index contributed by atoms with van der Waals surface area (Å²) in [6.07, 6.45) is -0.0196. The number of ether oxygens (including phenoxy) is 1. The molecule has 0 spiro atoms. The van der Waals surface area contributed by atoms with Crippen molar-refractivity contribution >= 4 is 18.0 Å². The Morgan fingerprint density at radius 2 is 1.95 bits per heavy atom. The molecule has 1 heterocycles. The van der Waals surface area contributed by atoms with Crippen molar-refractivity contribution in [3.8, 4) is 0 Å². The van der Waals surface area contributed by atoms with E-state index in [-0.39, 0.29) is 24.8 Å². The second-order valence-corrected chi connectivity index (χ2v) is 5.87. The third-order valence-electron chi connectivity index (χ3n) is 2.81. The lowest BCUT2D eigenvalue weighted by atomic mass is 10.2. The van der Waals surface area contributed by atoms with Crippen molar-refractivity contribution in [1.82, 2.24) is 10.2 Å². The number of amides is 2. The van der Waals surface area contributed by atoms with Gasteiger partial charge in [-0.15, -0.1) is 0 Å². The summed E-state index contributed by atoms with van der Waals surface area (Å²) >= 11 is 0. The van der Waals surface area contributed by atoms with Crippen LogP contribution in [0, 0.1) is 0 Å². The van der Waals surface area contributed by atoms with Crippen LogP contribution in [0.5, 0.6) is 0 Å². The molecular formula is C13H22N2O5. The van der Waals surface area contributed by atoms with Gasteiger partial charge < -0.3 is 20.1 Å². The Kier molecular flexibility index (Phi) is 5.35. The van der Waals surface area contributed by atoms with Crippen LogP contribution in [-0.2, 0) is 14.3 Å². The number of carboxylic acid groups (broad SMARTS) is 1. The highest BCUT2D eigenvalue weighted by Gasteiger charge is 2.28. The van der Waals surface area contributed by atoms with E-state index >= 15 is 0 Å². The molecule has 1 atom stereocenters. The molecule has 0 aromatic rings. The van der Waals surface area contributed by atoms with Crippen molar-refractivity contribution in [1.29, 1.82) is 0 Å². The van der Waals surface area contributed by atoms with E-state index in [9.17, 15) is 14.4 Å². The average molecular weight is 286 g/mol. The number of carbonyl (C=O) groups is 3. The summed E-state index contributed by atoms with van der Waals surface area (Å²) in [7, 11) is 0. The second-order valence-electron chi connectivity index (χ2n) is 5.87. The van der Waals surface area contributed by atoms with Crippen molar-refractivity contribution in [3.63, 3.8) is 0 Å². The Morgan fingerprint density at radius 1 is 1.30 bits per heavy atom. The number of nitrogens with zero attached hydrogens (tertiary/aromatic N) is 1. The van der Waals surface area contributed by atoms with Gasteiger partial charge in [-0.2, -0.15) is 0 Å². The number of hydrogen-bond donors (Lipinski definition) is 2. The summed E-state index contributed by atoms with van der Waals surface area (Å²) in [5.74, 6) is -1.18. The molecule has 2 N–H and O–H groups in total. The molecule has 1 fully saturated rings. The van der Waals surface area contributed by atoms with E-state index in [2.05, 4.69) is 5.32 Å². The van der Waals surface area contributed by atoms with Crippen LogP contribution < -0.4 is 5.32 Å². The van der Waals surface area contributed by atoms with Gasteiger partial charge in [0.25, 0.3) is 0 Å². The van der Waals surface area contributed by atoms with Gasteiger partial charge in [-0.1, -0.05) is 0 Å². The van der Waals surface area contributed by atoms with Gasteiger partial charge in [0.1, 0.15) is 5.60 Å². The van der Waals surface area contributed by atoms with Crippen LogP contribution in [0.4, 0.5) is 4.79 Å². The molecule has 1 rings (SSSR count). The highest BCUT2D eigenvalue weighted by atomic mass is 16.6. The second kappa shape index (κ2) is 6.58. The zero-order valence-corrected chi connectivity index (χ0v) is 12.1. The first kappa shape index (κ1) is 16.3. The first-order valence-electron chi connectivity index (χ1n) is 6.66. The number of likely N-dealkylation sites (tertiary alicyclic amines) is 1. The van der Waals surface area contributed by atoms with Crippen LogP contribution in [0.1, 0.15) is 40.0 Å². The molecule has 0 saturated carbocycles. The smallest absolute Gasteiger partial charge is 0.407 e. The third-order valence-corrected chi connectivity index (χ3v) is 2.81. The number of rotatable bonds is 4. The zero-order chi connectivity index (χ0) is 15.3. The molecule has 0 bridgehead atoms. The van der Waals surface area contributed by atoms with E-state index in [1.54, 1.807) is 25.7 Å². The third kappa shape index (κ3) is 5.90. The Labute approximate surface area is 118 Å². The minimum atomic E-state index is -0.985. The molecule has 20 heavy (non-hydrogen) atoms. The lowest BCUT2D eigenvalue weighted by molar-refractivity contribution is -0.140.